The van der Waals surface area contributed by atoms with Crippen molar-refractivity contribution in [3.05, 3.63) is 24.3 Å². The molecule has 0 amide bonds. The first-order valence-electron chi connectivity index (χ1n) is 6.67. The molecule has 1 aromatic heterocycles. The van der Waals surface area contributed by atoms with Gasteiger partial charge >= 0.3 is 0 Å². The molecule has 1 heterocycles. The standard InChI is InChI=1S/C14H18N4O/c15-14-17-12-4-2-1-3-11(12)13(18-14)16-7-8-19-9-10-5-6-10/h1-4,10H,5-9H2,(H3,15,16,17,18). The number of para-hydroxylation sites is 1. The van der Waals surface area contributed by atoms with Gasteiger partial charge in [-0.05, 0) is 30.9 Å². The number of benzene rings is 1. The summed E-state index contributed by atoms with van der Waals surface area (Å²) in [6, 6.07) is 7.83. The van der Waals surface area contributed by atoms with Crippen molar-refractivity contribution in [1.29, 1.82) is 0 Å². The average Bonchev–Trinajstić information content (AvgIpc) is 3.22. The molecule has 0 aliphatic heterocycles. The zero-order valence-electron chi connectivity index (χ0n) is 10.8. The Balaban J connectivity index is 1.62. The Morgan fingerprint density at radius 2 is 2.11 bits per heavy atom. The van der Waals surface area contributed by atoms with Crippen molar-refractivity contribution in [3.63, 3.8) is 0 Å². The number of nitrogens with two attached hydrogens (primary N) is 1. The molecule has 0 saturated heterocycles. The first-order chi connectivity index (χ1) is 9.33. The van der Waals surface area contributed by atoms with Crippen LogP contribution in [0.1, 0.15) is 12.8 Å². The maximum absolute atomic E-state index is 5.71. The molecule has 0 spiro atoms. The van der Waals surface area contributed by atoms with Gasteiger partial charge < -0.3 is 15.8 Å². The lowest BCUT2D eigenvalue weighted by atomic mass is 10.2. The van der Waals surface area contributed by atoms with Gasteiger partial charge in [0, 0.05) is 18.5 Å². The fourth-order valence-electron chi connectivity index (χ4n) is 2.01. The van der Waals surface area contributed by atoms with E-state index in [9.17, 15) is 0 Å². The summed E-state index contributed by atoms with van der Waals surface area (Å²) in [5, 5.41) is 4.25. The van der Waals surface area contributed by atoms with Crippen LogP contribution in [0, 0.1) is 5.92 Å². The van der Waals surface area contributed by atoms with Gasteiger partial charge in [-0.25, -0.2) is 4.98 Å². The zero-order chi connectivity index (χ0) is 13.1. The van der Waals surface area contributed by atoms with Crippen molar-refractivity contribution in [2.75, 3.05) is 30.8 Å². The van der Waals surface area contributed by atoms with Crippen LogP contribution in [0.3, 0.4) is 0 Å². The molecule has 1 aromatic carbocycles. The van der Waals surface area contributed by atoms with Gasteiger partial charge in [0.15, 0.2) is 0 Å². The molecule has 100 valence electrons. The van der Waals surface area contributed by atoms with Crippen LogP contribution in [0.5, 0.6) is 0 Å². The van der Waals surface area contributed by atoms with Crippen LogP contribution in [-0.2, 0) is 4.74 Å². The smallest absolute Gasteiger partial charge is 0.222 e. The molecule has 0 atom stereocenters. The number of nitrogen functional groups attached to an aromatic ring is 1. The normalized spacial score (nSPS) is 14.7. The van der Waals surface area contributed by atoms with E-state index in [-0.39, 0.29) is 0 Å². The Morgan fingerprint density at radius 1 is 1.26 bits per heavy atom. The summed E-state index contributed by atoms with van der Waals surface area (Å²) >= 11 is 0. The summed E-state index contributed by atoms with van der Waals surface area (Å²) in [5.74, 6) is 1.87. The quantitative estimate of drug-likeness (QED) is 0.776. The number of fused-ring (bicyclic) bond motifs is 1. The minimum absolute atomic E-state index is 0.292. The summed E-state index contributed by atoms with van der Waals surface area (Å²) in [6.45, 7) is 2.30. The molecule has 2 aromatic rings. The maximum atomic E-state index is 5.71. The number of nitrogens with zero attached hydrogens (tertiary/aromatic N) is 2. The number of hydrogen-bond donors (Lipinski definition) is 2. The molecule has 1 aliphatic carbocycles. The van der Waals surface area contributed by atoms with Gasteiger partial charge in [0.2, 0.25) is 5.95 Å². The highest BCUT2D eigenvalue weighted by Crippen LogP contribution is 2.28. The Hall–Kier alpha value is -1.88. The molecule has 0 unspecified atom stereocenters. The molecule has 1 fully saturated rings. The summed E-state index contributed by atoms with van der Waals surface area (Å²) in [6.07, 6.45) is 2.64. The van der Waals surface area contributed by atoms with Crippen molar-refractivity contribution >= 4 is 22.7 Å². The van der Waals surface area contributed by atoms with Crippen molar-refractivity contribution in [2.45, 2.75) is 12.8 Å². The fourth-order valence-corrected chi connectivity index (χ4v) is 2.01. The van der Waals surface area contributed by atoms with Crippen LogP contribution >= 0.6 is 0 Å². The molecule has 19 heavy (non-hydrogen) atoms. The number of nitrogens with one attached hydrogen (secondary N) is 1. The lowest BCUT2D eigenvalue weighted by Crippen LogP contribution is -2.12. The second-order valence-corrected chi connectivity index (χ2v) is 4.89. The van der Waals surface area contributed by atoms with Gasteiger partial charge in [0.05, 0.1) is 12.1 Å². The number of aromatic nitrogens is 2. The van der Waals surface area contributed by atoms with Crippen molar-refractivity contribution in [2.24, 2.45) is 5.92 Å². The molecule has 1 saturated carbocycles. The van der Waals surface area contributed by atoms with Crippen molar-refractivity contribution < 1.29 is 4.74 Å². The summed E-state index contributed by atoms with van der Waals surface area (Å²) < 4.78 is 5.58. The molecule has 0 bridgehead atoms. The first kappa shape index (κ1) is 12.2. The number of rotatable bonds is 6. The van der Waals surface area contributed by atoms with E-state index in [1.807, 2.05) is 24.3 Å². The maximum Gasteiger partial charge on any atom is 0.222 e. The van der Waals surface area contributed by atoms with E-state index in [2.05, 4.69) is 15.3 Å². The van der Waals surface area contributed by atoms with Crippen LogP contribution in [-0.4, -0.2) is 29.7 Å². The molecule has 3 rings (SSSR count). The second-order valence-electron chi connectivity index (χ2n) is 4.89. The van der Waals surface area contributed by atoms with E-state index in [0.717, 1.165) is 35.8 Å². The van der Waals surface area contributed by atoms with Gasteiger partial charge in [-0.2, -0.15) is 4.98 Å². The van der Waals surface area contributed by atoms with E-state index >= 15 is 0 Å². The van der Waals surface area contributed by atoms with E-state index < -0.39 is 0 Å². The Bertz CT molecular complexity index is 568. The Labute approximate surface area is 112 Å². The number of anilines is 2. The highest BCUT2D eigenvalue weighted by Gasteiger charge is 2.20. The summed E-state index contributed by atoms with van der Waals surface area (Å²) in [4.78, 5) is 8.45. The third-order valence-corrected chi connectivity index (χ3v) is 3.21. The van der Waals surface area contributed by atoms with Crippen LogP contribution < -0.4 is 11.1 Å². The van der Waals surface area contributed by atoms with E-state index in [4.69, 9.17) is 10.5 Å². The lowest BCUT2D eigenvalue weighted by molar-refractivity contribution is 0.134. The monoisotopic (exact) mass is 258 g/mol. The highest BCUT2D eigenvalue weighted by atomic mass is 16.5. The van der Waals surface area contributed by atoms with Crippen LogP contribution in [0.2, 0.25) is 0 Å². The number of ether oxygens (including phenoxy) is 1. The molecule has 5 heteroatoms. The van der Waals surface area contributed by atoms with Gasteiger partial charge in [0.25, 0.3) is 0 Å². The van der Waals surface area contributed by atoms with E-state index in [1.165, 1.54) is 12.8 Å². The molecule has 5 nitrogen and oxygen atoms in total. The topological polar surface area (TPSA) is 73.1 Å². The van der Waals surface area contributed by atoms with Crippen molar-refractivity contribution in [3.8, 4) is 0 Å². The largest absolute Gasteiger partial charge is 0.379 e. The third kappa shape index (κ3) is 3.12. The first-order valence-corrected chi connectivity index (χ1v) is 6.67. The minimum atomic E-state index is 0.292. The minimum Gasteiger partial charge on any atom is -0.379 e. The Kier molecular flexibility index (Phi) is 3.46. The SMILES string of the molecule is Nc1nc(NCCOCC2CC2)c2ccccc2n1. The average molecular weight is 258 g/mol. The molecular weight excluding hydrogens is 240 g/mol. The highest BCUT2D eigenvalue weighted by molar-refractivity contribution is 5.89. The summed E-state index contributed by atoms with van der Waals surface area (Å²) in [5.41, 5.74) is 6.57. The van der Waals surface area contributed by atoms with E-state index in [1.54, 1.807) is 0 Å². The third-order valence-electron chi connectivity index (χ3n) is 3.21. The lowest BCUT2D eigenvalue weighted by Gasteiger charge is -2.09. The van der Waals surface area contributed by atoms with Crippen LogP contribution in [0.25, 0.3) is 10.9 Å². The molecule has 1 aliphatic rings. The van der Waals surface area contributed by atoms with Gasteiger partial charge in [0.1, 0.15) is 5.82 Å². The second kappa shape index (κ2) is 5.40. The van der Waals surface area contributed by atoms with Gasteiger partial charge in [-0.1, -0.05) is 12.1 Å². The van der Waals surface area contributed by atoms with Crippen LogP contribution in [0.4, 0.5) is 11.8 Å². The van der Waals surface area contributed by atoms with Crippen molar-refractivity contribution in [1.82, 2.24) is 9.97 Å². The predicted molar refractivity (Wildman–Crippen MR) is 76.0 cm³/mol. The van der Waals surface area contributed by atoms with Gasteiger partial charge in [-0.3, -0.25) is 0 Å². The molecule has 0 radical (unpaired) electrons. The van der Waals surface area contributed by atoms with Crippen LogP contribution in [0.15, 0.2) is 24.3 Å². The van der Waals surface area contributed by atoms with E-state index in [0.29, 0.717) is 12.6 Å². The predicted octanol–water partition coefficient (Wildman–Crippen LogP) is 2.05. The molecular formula is C14H18N4O. The number of hydrogen-bond acceptors (Lipinski definition) is 5. The Morgan fingerprint density at radius 3 is 2.95 bits per heavy atom. The van der Waals surface area contributed by atoms with Gasteiger partial charge in [-0.15, -0.1) is 0 Å². The summed E-state index contributed by atoms with van der Waals surface area (Å²) in [7, 11) is 0. The molecule has 3 N–H and O–H groups in total. The zero-order valence-corrected chi connectivity index (χ0v) is 10.8. The fraction of sp³-hybridized carbons (Fsp3) is 0.429.